The number of hydrogen-bond donors (Lipinski definition) is 1. The zero-order chi connectivity index (χ0) is 13.3. The highest BCUT2D eigenvalue weighted by Gasteiger charge is 2.33. The van der Waals surface area contributed by atoms with Crippen molar-refractivity contribution in [2.24, 2.45) is 5.92 Å². The van der Waals surface area contributed by atoms with Gasteiger partial charge in [0.25, 0.3) is 0 Å². The quantitative estimate of drug-likeness (QED) is 0.845. The fraction of sp³-hybridized carbons (Fsp3) is 0.647. The fourth-order valence-electron chi connectivity index (χ4n) is 3.54. The van der Waals surface area contributed by atoms with Crippen LogP contribution in [0.15, 0.2) is 12.1 Å². The third-order valence-electron chi connectivity index (χ3n) is 4.81. The van der Waals surface area contributed by atoms with Crippen LogP contribution in [0.3, 0.4) is 0 Å². The molecular formula is C17H27N. The molecule has 1 N–H and O–H groups in total. The first-order valence-corrected chi connectivity index (χ1v) is 7.35. The predicted molar refractivity (Wildman–Crippen MR) is 79.3 cm³/mol. The van der Waals surface area contributed by atoms with Gasteiger partial charge in [0.15, 0.2) is 0 Å². The molecule has 2 rings (SSSR count). The lowest BCUT2D eigenvalue weighted by Crippen LogP contribution is -2.32. The lowest BCUT2D eigenvalue weighted by atomic mass is 9.84. The van der Waals surface area contributed by atoms with Gasteiger partial charge in [-0.25, -0.2) is 0 Å². The maximum atomic E-state index is 3.64. The third kappa shape index (κ3) is 2.47. The first-order valence-electron chi connectivity index (χ1n) is 7.35. The highest BCUT2D eigenvalue weighted by atomic mass is 14.9. The molecule has 1 nitrogen and oxygen atoms in total. The maximum absolute atomic E-state index is 3.64. The Labute approximate surface area is 112 Å². The largest absolute Gasteiger partial charge is 0.314 e. The van der Waals surface area contributed by atoms with Crippen molar-refractivity contribution in [3.8, 4) is 0 Å². The van der Waals surface area contributed by atoms with E-state index in [1.54, 1.807) is 5.56 Å². The summed E-state index contributed by atoms with van der Waals surface area (Å²) in [5.74, 6) is 1.50. The number of aryl methyl sites for hydroxylation is 3. The third-order valence-corrected chi connectivity index (χ3v) is 4.81. The van der Waals surface area contributed by atoms with E-state index in [1.807, 2.05) is 0 Å². The Morgan fingerprint density at radius 3 is 2.39 bits per heavy atom. The normalized spacial score (nSPS) is 27.7. The van der Waals surface area contributed by atoms with Gasteiger partial charge in [0.2, 0.25) is 0 Å². The first-order chi connectivity index (χ1) is 8.54. The second-order valence-electron chi connectivity index (χ2n) is 6.00. The summed E-state index contributed by atoms with van der Waals surface area (Å²) in [6.45, 7) is 12.4. The van der Waals surface area contributed by atoms with Crippen LogP contribution in [0, 0.1) is 26.7 Å². The van der Waals surface area contributed by atoms with Crippen molar-refractivity contribution in [1.29, 1.82) is 0 Å². The second kappa shape index (κ2) is 5.44. The van der Waals surface area contributed by atoms with E-state index in [-0.39, 0.29) is 0 Å². The van der Waals surface area contributed by atoms with Crippen molar-refractivity contribution in [3.63, 3.8) is 0 Å². The molecule has 18 heavy (non-hydrogen) atoms. The molecular weight excluding hydrogens is 218 g/mol. The van der Waals surface area contributed by atoms with E-state index >= 15 is 0 Å². The minimum absolute atomic E-state index is 0.709. The van der Waals surface area contributed by atoms with Gasteiger partial charge in [0.05, 0.1) is 0 Å². The first kappa shape index (κ1) is 13.6. The van der Waals surface area contributed by atoms with Crippen LogP contribution in [0.2, 0.25) is 0 Å². The van der Waals surface area contributed by atoms with Crippen molar-refractivity contribution >= 4 is 0 Å². The minimum Gasteiger partial charge on any atom is -0.314 e. The summed E-state index contributed by atoms with van der Waals surface area (Å²) in [4.78, 5) is 0. The Balaban J connectivity index is 2.25. The molecule has 3 atom stereocenters. The topological polar surface area (TPSA) is 12.0 Å². The maximum Gasteiger partial charge on any atom is 0.00986 e. The van der Waals surface area contributed by atoms with E-state index in [0.29, 0.717) is 6.04 Å². The molecule has 0 aromatic heterocycles. The minimum atomic E-state index is 0.709. The van der Waals surface area contributed by atoms with Gasteiger partial charge in [-0.3, -0.25) is 0 Å². The van der Waals surface area contributed by atoms with Crippen LogP contribution < -0.4 is 5.32 Å². The van der Waals surface area contributed by atoms with Crippen LogP contribution in [0.4, 0.5) is 0 Å². The van der Waals surface area contributed by atoms with Crippen LogP contribution in [-0.2, 0) is 0 Å². The van der Waals surface area contributed by atoms with Crippen LogP contribution in [0.1, 0.15) is 54.9 Å². The van der Waals surface area contributed by atoms with E-state index in [4.69, 9.17) is 0 Å². The summed E-state index contributed by atoms with van der Waals surface area (Å²) < 4.78 is 0. The van der Waals surface area contributed by atoms with E-state index in [9.17, 15) is 0 Å². The Hall–Kier alpha value is -0.820. The summed E-state index contributed by atoms with van der Waals surface area (Å²) in [6, 6.07) is 5.50. The predicted octanol–water partition coefficient (Wildman–Crippen LogP) is 4.10. The van der Waals surface area contributed by atoms with Crippen molar-refractivity contribution in [3.05, 3.63) is 34.4 Å². The molecule has 3 unspecified atom stereocenters. The number of hydrogen-bond acceptors (Lipinski definition) is 1. The number of rotatable bonds is 3. The molecule has 1 aromatic carbocycles. The van der Waals surface area contributed by atoms with Gasteiger partial charge in [-0.05, 0) is 74.2 Å². The van der Waals surface area contributed by atoms with E-state index in [2.05, 4.69) is 52.1 Å². The van der Waals surface area contributed by atoms with Crippen molar-refractivity contribution in [2.75, 3.05) is 6.54 Å². The van der Waals surface area contributed by atoms with Gasteiger partial charge in [-0.1, -0.05) is 26.0 Å². The van der Waals surface area contributed by atoms with Crippen molar-refractivity contribution in [2.45, 2.75) is 59.4 Å². The summed E-state index contributed by atoms with van der Waals surface area (Å²) in [5, 5.41) is 3.64. The highest BCUT2D eigenvalue weighted by Crippen LogP contribution is 2.41. The van der Waals surface area contributed by atoms with Crippen LogP contribution in [0.25, 0.3) is 0 Å². The Kier molecular flexibility index (Phi) is 4.11. The molecule has 0 spiro atoms. The average molecular weight is 245 g/mol. The zero-order valence-corrected chi connectivity index (χ0v) is 12.5. The molecule has 0 radical (unpaired) electrons. The van der Waals surface area contributed by atoms with E-state index in [0.717, 1.165) is 18.4 Å². The zero-order valence-electron chi connectivity index (χ0n) is 12.5. The number of nitrogens with one attached hydrogen (secondary N) is 1. The van der Waals surface area contributed by atoms with Gasteiger partial charge < -0.3 is 5.32 Å². The number of benzene rings is 1. The molecule has 1 saturated carbocycles. The Morgan fingerprint density at radius 2 is 1.72 bits per heavy atom. The molecule has 0 amide bonds. The standard InChI is InChI=1S/C17H27N/c1-6-18-17-8-7-15(14(17)5)16-10-12(3)11(2)9-13(16)4/h9-10,14-15,17-18H,6-8H2,1-5H3. The van der Waals surface area contributed by atoms with Crippen LogP contribution in [0.5, 0.6) is 0 Å². The summed E-state index contributed by atoms with van der Waals surface area (Å²) in [7, 11) is 0. The summed E-state index contributed by atoms with van der Waals surface area (Å²) in [6.07, 6.45) is 2.66. The van der Waals surface area contributed by atoms with Crippen LogP contribution in [-0.4, -0.2) is 12.6 Å². The molecule has 1 aliphatic carbocycles. The van der Waals surface area contributed by atoms with E-state index < -0.39 is 0 Å². The molecule has 100 valence electrons. The second-order valence-corrected chi connectivity index (χ2v) is 6.00. The SMILES string of the molecule is CCNC1CCC(c2cc(C)c(C)cc2C)C1C. The lowest BCUT2D eigenvalue weighted by molar-refractivity contribution is 0.411. The molecule has 0 saturated heterocycles. The van der Waals surface area contributed by atoms with E-state index in [1.165, 1.54) is 29.5 Å². The summed E-state index contributed by atoms with van der Waals surface area (Å²) in [5.41, 5.74) is 5.93. The highest BCUT2D eigenvalue weighted by molar-refractivity contribution is 5.39. The molecule has 0 bridgehead atoms. The van der Waals surface area contributed by atoms with Gasteiger partial charge >= 0.3 is 0 Å². The molecule has 1 aromatic rings. The van der Waals surface area contributed by atoms with Crippen molar-refractivity contribution < 1.29 is 0 Å². The lowest BCUT2D eigenvalue weighted by Gasteiger charge is -2.23. The van der Waals surface area contributed by atoms with Gasteiger partial charge in [-0.2, -0.15) is 0 Å². The fourth-order valence-corrected chi connectivity index (χ4v) is 3.54. The average Bonchev–Trinajstić information content (AvgIpc) is 2.67. The smallest absolute Gasteiger partial charge is 0.00986 e. The Morgan fingerprint density at radius 1 is 1.06 bits per heavy atom. The summed E-state index contributed by atoms with van der Waals surface area (Å²) >= 11 is 0. The van der Waals surface area contributed by atoms with Gasteiger partial charge in [0.1, 0.15) is 0 Å². The van der Waals surface area contributed by atoms with Gasteiger partial charge in [0, 0.05) is 6.04 Å². The van der Waals surface area contributed by atoms with Crippen LogP contribution >= 0.6 is 0 Å². The molecule has 1 aliphatic rings. The van der Waals surface area contributed by atoms with Gasteiger partial charge in [-0.15, -0.1) is 0 Å². The molecule has 1 fully saturated rings. The molecule has 0 heterocycles. The molecule has 0 aliphatic heterocycles. The molecule has 1 heteroatoms. The monoisotopic (exact) mass is 245 g/mol. The Bertz CT molecular complexity index is 422. The van der Waals surface area contributed by atoms with Crippen molar-refractivity contribution in [1.82, 2.24) is 5.32 Å².